The molecule has 0 aliphatic rings. The van der Waals surface area contributed by atoms with Gasteiger partial charge in [0, 0.05) is 18.9 Å². The number of hydrogen-bond donors (Lipinski definition) is 0. The number of aromatic nitrogens is 2. The second-order valence-electron chi connectivity index (χ2n) is 5.70. The van der Waals surface area contributed by atoms with Crippen LogP contribution in [0.4, 0.5) is 24.7 Å². The van der Waals surface area contributed by atoms with Crippen LogP contribution < -0.4 is 14.4 Å². The van der Waals surface area contributed by atoms with E-state index in [-0.39, 0.29) is 11.8 Å². The summed E-state index contributed by atoms with van der Waals surface area (Å²) in [6, 6.07) is 6.58. The van der Waals surface area contributed by atoms with E-state index in [0.29, 0.717) is 18.0 Å². The number of halogens is 3. The first kappa shape index (κ1) is 19.8. The van der Waals surface area contributed by atoms with Crippen molar-refractivity contribution in [2.75, 3.05) is 25.7 Å². The van der Waals surface area contributed by atoms with Crippen LogP contribution in [0.2, 0.25) is 0 Å². The molecule has 5 nitrogen and oxygen atoms in total. The third kappa shape index (κ3) is 5.00. The van der Waals surface area contributed by atoms with E-state index in [1.54, 1.807) is 24.3 Å². The molecule has 0 bridgehead atoms. The molecule has 1 heterocycles. The first-order valence-electron chi connectivity index (χ1n) is 8.31. The molecule has 26 heavy (non-hydrogen) atoms. The lowest BCUT2D eigenvalue weighted by Gasteiger charge is -2.22. The lowest BCUT2D eigenvalue weighted by Crippen LogP contribution is -2.19. The number of benzene rings is 1. The van der Waals surface area contributed by atoms with E-state index >= 15 is 0 Å². The van der Waals surface area contributed by atoms with Gasteiger partial charge in [0.25, 0.3) is 0 Å². The van der Waals surface area contributed by atoms with Gasteiger partial charge in [0.2, 0.25) is 0 Å². The lowest BCUT2D eigenvalue weighted by molar-refractivity contribution is -0.137. The van der Waals surface area contributed by atoms with Crippen molar-refractivity contribution in [1.82, 2.24) is 9.97 Å². The van der Waals surface area contributed by atoms with E-state index in [9.17, 15) is 13.2 Å². The molecule has 0 amide bonds. The number of nitrogens with zero attached hydrogens (tertiary/aromatic N) is 3. The second-order valence-corrected chi connectivity index (χ2v) is 5.70. The summed E-state index contributed by atoms with van der Waals surface area (Å²) in [5, 5.41) is 0. The largest absolute Gasteiger partial charge is 0.497 e. The predicted octanol–water partition coefficient (Wildman–Crippen LogP) is 4.84. The van der Waals surface area contributed by atoms with Gasteiger partial charge in [-0.2, -0.15) is 18.2 Å². The molecule has 2 aromatic rings. The van der Waals surface area contributed by atoms with Crippen molar-refractivity contribution in [2.45, 2.75) is 32.4 Å². The fourth-order valence-electron chi connectivity index (χ4n) is 2.33. The van der Waals surface area contributed by atoms with Crippen molar-refractivity contribution < 1.29 is 22.6 Å². The maximum absolute atomic E-state index is 13.4. The lowest BCUT2D eigenvalue weighted by atomic mass is 10.2. The summed E-state index contributed by atoms with van der Waals surface area (Å²) in [7, 11) is 3.04. The van der Waals surface area contributed by atoms with Crippen LogP contribution in [0, 0.1) is 0 Å². The molecule has 0 radical (unpaired) electrons. The minimum Gasteiger partial charge on any atom is -0.497 e. The summed E-state index contributed by atoms with van der Waals surface area (Å²) in [6.45, 7) is 2.42. The van der Waals surface area contributed by atoms with Crippen LogP contribution in [0.3, 0.4) is 0 Å². The first-order valence-corrected chi connectivity index (χ1v) is 8.31. The Morgan fingerprint density at radius 1 is 1.12 bits per heavy atom. The van der Waals surface area contributed by atoms with Crippen LogP contribution in [0.25, 0.3) is 0 Å². The third-order valence-corrected chi connectivity index (χ3v) is 3.81. The standard InChI is InChI=1S/C18H22F3N3O2/c1-4-5-6-11-26-17-22-12-15(18(19,20)21)16(23-17)24(2)13-7-9-14(25-3)10-8-13/h7-10,12H,4-6,11H2,1-3H3. The molecule has 0 saturated heterocycles. The summed E-state index contributed by atoms with van der Waals surface area (Å²) in [6.07, 6.45) is -1.03. The van der Waals surface area contributed by atoms with Gasteiger partial charge in [-0.05, 0) is 30.7 Å². The zero-order valence-corrected chi connectivity index (χ0v) is 15.0. The molecular formula is C18H22F3N3O2. The van der Waals surface area contributed by atoms with Gasteiger partial charge in [0.05, 0.1) is 13.7 Å². The maximum Gasteiger partial charge on any atom is 0.421 e. The number of alkyl halides is 3. The Labute approximate surface area is 150 Å². The monoisotopic (exact) mass is 369 g/mol. The molecule has 0 saturated carbocycles. The molecule has 1 aromatic carbocycles. The van der Waals surface area contributed by atoms with Crippen molar-refractivity contribution in [1.29, 1.82) is 0 Å². The maximum atomic E-state index is 13.4. The molecule has 2 rings (SSSR count). The van der Waals surface area contributed by atoms with Crippen molar-refractivity contribution in [3.63, 3.8) is 0 Å². The molecule has 0 aliphatic carbocycles. The minimum atomic E-state index is -4.57. The van der Waals surface area contributed by atoms with Crippen LogP contribution >= 0.6 is 0 Å². The van der Waals surface area contributed by atoms with E-state index in [4.69, 9.17) is 9.47 Å². The van der Waals surface area contributed by atoms with Crippen molar-refractivity contribution in [2.24, 2.45) is 0 Å². The van der Waals surface area contributed by atoms with Crippen LogP contribution in [0.1, 0.15) is 31.7 Å². The predicted molar refractivity (Wildman–Crippen MR) is 93.1 cm³/mol. The van der Waals surface area contributed by atoms with Gasteiger partial charge in [0.1, 0.15) is 11.3 Å². The van der Waals surface area contributed by atoms with Gasteiger partial charge in [-0.15, -0.1) is 0 Å². The van der Waals surface area contributed by atoms with Gasteiger partial charge in [-0.25, -0.2) is 4.98 Å². The van der Waals surface area contributed by atoms with Crippen molar-refractivity contribution >= 4 is 11.5 Å². The Bertz CT molecular complexity index is 706. The molecule has 1 aromatic heterocycles. The highest BCUT2D eigenvalue weighted by Crippen LogP contribution is 2.37. The summed E-state index contributed by atoms with van der Waals surface area (Å²) in [5.74, 6) is 0.351. The van der Waals surface area contributed by atoms with E-state index in [2.05, 4.69) is 16.9 Å². The smallest absolute Gasteiger partial charge is 0.421 e. The van der Waals surface area contributed by atoms with Gasteiger partial charge in [-0.3, -0.25) is 0 Å². The second kappa shape index (κ2) is 8.73. The van der Waals surface area contributed by atoms with E-state index in [1.807, 2.05) is 0 Å². The van der Waals surface area contributed by atoms with Crippen LogP contribution in [-0.4, -0.2) is 30.7 Å². The zero-order valence-electron chi connectivity index (χ0n) is 15.0. The van der Waals surface area contributed by atoms with E-state index in [1.165, 1.54) is 19.1 Å². The Kier molecular flexibility index (Phi) is 6.65. The van der Waals surface area contributed by atoms with E-state index in [0.717, 1.165) is 25.5 Å². The summed E-state index contributed by atoms with van der Waals surface area (Å²) < 4.78 is 50.6. The summed E-state index contributed by atoms with van der Waals surface area (Å²) in [5.41, 5.74) is -0.386. The van der Waals surface area contributed by atoms with Crippen LogP contribution in [0.15, 0.2) is 30.5 Å². The Morgan fingerprint density at radius 3 is 2.38 bits per heavy atom. The highest BCUT2D eigenvalue weighted by Gasteiger charge is 2.36. The first-order chi connectivity index (χ1) is 12.4. The number of hydrogen-bond acceptors (Lipinski definition) is 5. The highest BCUT2D eigenvalue weighted by atomic mass is 19.4. The molecule has 8 heteroatoms. The average Bonchev–Trinajstić information content (AvgIpc) is 2.64. The minimum absolute atomic E-state index is 0.0653. The quantitative estimate of drug-likeness (QED) is 0.623. The number of rotatable bonds is 8. The average molecular weight is 369 g/mol. The highest BCUT2D eigenvalue weighted by molar-refractivity contribution is 5.63. The molecule has 0 atom stereocenters. The van der Waals surface area contributed by atoms with Crippen molar-refractivity contribution in [3.8, 4) is 11.8 Å². The van der Waals surface area contributed by atoms with Crippen LogP contribution in [0.5, 0.6) is 11.8 Å². The molecule has 0 spiro atoms. The number of anilines is 2. The Morgan fingerprint density at radius 2 is 1.81 bits per heavy atom. The molecular weight excluding hydrogens is 347 g/mol. The fraction of sp³-hybridized carbons (Fsp3) is 0.444. The van der Waals surface area contributed by atoms with Gasteiger partial charge in [-0.1, -0.05) is 19.8 Å². The summed E-state index contributed by atoms with van der Waals surface area (Å²) in [4.78, 5) is 9.05. The van der Waals surface area contributed by atoms with Gasteiger partial charge >= 0.3 is 12.2 Å². The van der Waals surface area contributed by atoms with Gasteiger partial charge in [0.15, 0.2) is 5.82 Å². The SMILES string of the molecule is CCCCCOc1ncc(C(F)(F)F)c(N(C)c2ccc(OC)cc2)n1. The topological polar surface area (TPSA) is 47.5 Å². The van der Waals surface area contributed by atoms with Crippen molar-refractivity contribution in [3.05, 3.63) is 36.0 Å². The summed E-state index contributed by atoms with van der Waals surface area (Å²) >= 11 is 0. The molecule has 0 unspecified atom stereocenters. The molecule has 0 N–H and O–H groups in total. The molecule has 0 aliphatic heterocycles. The number of ether oxygens (including phenoxy) is 2. The number of methoxy groups -OCH3 is 1. The van der Waals surface area contributed by atoms with Crippen LogP contribution in [-0.2, 0) is 6.18 Å². The normalized spacial score (nSPS) is 11.3. The van der Waals surface area contributed by atoms with E-state index < -0.39 is 11.7 Å². The Hall–Kier alpha value is -2.51. The zero-order chi connectivity index (χ0) is 19.2. The molecule has 142 valence electrons. The Balaban J connectivity index is 2.31. The molecule has 0 fully saturated rings. The third-order valence-electron chi connectivity index (χ3n) is 3.81. The number of unbranched alkanes of at least 4 members (excludes halogenated alkanes) is 2. The fourth-order valence-corrected chi connectivity index (χ4v) is 2.33. The van der Waals surface area contributed by atoms with Gasteiger partial charge < -0.3 is 14.4 Å².